The Labute approximate surface area is 121 Å². The first-order chi connectivity index (χ1) is 10.1. The summed E-state index contributed by atoms with van der Waals surface area (Å²) in [6.07, 6.45) is 2.97. The Bertz CT molecular complexity index is 665. The average molecular weight is 283 g/mol. The van der Waals surface area contributed by atoms with Crippen LogP contribution in [0, 0.1) is 10.1 Å². The number of benzene rings is 2. The Morgan fingerprint density at radius 3 is 2.62 bits per heavy atom. The van der Waals surface area contributed by atoms with E-state index >= 15 is 0 Å². The van der Waals surface area contributed by atoms with Crippen LogP contribution in [0.25, 0.3) is 6.08 Å². The Morgan fingerprint density at radius 1 is 1.14 bits per heavy atom. The fourth-order valence-electron chi connectivity index (χ4n) is 1.69. The van der Waals surface area contributed by atoms with Gasteiger partial charge < -0.3 is 4.74 Å². The zero-order valence-electron chi connectivity index (χ0n) is 11.1. The van der Waals surface area contributed by atoms with E-state index in [0.29, 0.717) is 5.56 Å². The summed E-state index contributed by atoms with van der Waals surface area (Å²) >= 11 is 0. The van der Waals surface area contributed by atoms with Crippen molar-refractivity contribution in [2.24, 2.45) is 0 Å². The lowest BCUT2D eigenvalue weighted by Gasteiger charge is -2.02. The van der Waals surface area contributed by atoms with Crippen LogP contribution in [-0.2, 0) is 16.1 Å². The Balaban J connectivity index is 1.91. The second kappa shape index (κ2) is 7.00. The predicted molar refractivity (Wildman–Crippen MR) is 78.4 cm³/mol. The van der Waals surface area contributed by atoms with Crippen LogP contribution in [0.15, 0.2) is 60.7 Å². The normalized spacial score (nSPS) is 10.5. The van der Waals surface area contributed by atoms with E-state index in [9.17, 15) is 14.9 Å². The molecule has 21 heavy (non-hydrogen) atoms. The Kier molecular flexibility index (Phi) is 4.82. The van der Waals surface area contributed by atoms with Crippen molar-refractivity contribution in [1.82, 2.24) is 0 Å². The maximum absolute atomic E-state index is 11.6. The van der Waals surface area contributed by atoms with Crippen LogP contribution in [0.5, 0.6) is 0 Å². The molecule has 5 heteroatoms. The number of nitro benzene ring substituents is 1. The molecule has 0 spiro atoms. The standard InChI is InChI=1S/C16H13NO4/c18-16(10-9-13-5-2-1-3-6-13)21-12-14-7-4-8-15(11-14)17(19)20/h1-11H,12H2/b10-9+. The van der Waals surface area contributed by atoms with Crippen LogP contribution in [0.4, 0.5) is 5.69 Å². The number of nitro groups is 1. The molecule has 0 fully saturated rings. The van der Waals surface area contributed by atoms with Crippen LogP contribution in [0.1, 0.15) is 11.1 Å². The molecule has 2 aromatic carbocycles. The predicted octanol–water partition coefficient (Wildman–Crippen LogP) is 3.35. The number of carbonyl (C=O) groups excluding carboxylic acids is 1. The van der Waals surface area contributed by atoms with Crippen molar-refractivity contribution < 1.29 is 14.5 Å². The molecule has 0 saturated heterocycles. The zero-order chi connectivity index (χ0) is 15.1. The van der Waals surface area contributed by atoms with E-state index in [4.69, 9.17) is 4.74 Å². The number of non-ortho nitro benzene ring substituents is 1. The summed E-state index contributed by atoms with van der Waals surface area (Å²) in [7, 11) is 0. The summed E-state index contributed by atoms with van der Waals surface area (Å²) in [4.78, 5) is 21.7. The van der Waals surface area contributed by atoms with Gasteiger partial charge in [-0.25, -0.2) is 4.79 Å². The second-order valence-corrected chi connectivity index (χ2v) is 4.28. The highest BCUT2D eigenvalue weighted by Gasteiger charge is 2.06. The fraction of sp³-hybridized carbons (Fsp3) is 0.0625. The van der Waals surface area contributed by atoms with Crippen molar-refractivity contribution in [3.05, 3.63) is 81.9 Å². The van der Waals surface area contributed by atoms with Crippen molar-refractivity contribution in [1.29, 1.82) is 0 Å². The van der Waals surface area contributed by atoms with Crippen LogP contribution in [0.2, 0.25) is 0 Å². The van der Waals surface area contributed by atoms with Gasteiger partial charge in [-0.2, -0.15) is 0 Å². The van der Waals surface area contributed by atoms with Crippen molar-refractivity contribution in [3.63, 3.8) is 0 Å². The van der Waals surface area contributed by atoms with E-state index in [1.165, 1.54) is 18.2 Å². The van der Waals surface area contributed by atoms with Gasteiger partial charge in [0, 0.05) is 18.2 Å². The SMILES string of the molecule is O=C(/C=C/c1ccccc1)OCc1cccc([N+](=O)[O-])c1. The van der Waals surface area contributed by atoms with Gasteiger partial charge in [-0.3, -0.25) is 10.1 Å². The summed E-state index contributed by atoms with van der Waals surface area (Å²) in [5, 5.41) is 10.6. The van der Waals surface area contributed by atoms with E-state index in [2.05, 4.69) is 0 Å². The Hall–Kier alpha value is -2.95. The number of hydrogen-bond acceptors (Lipinski definition) is 4. The maximum atomic E-state index is 11.6. The zero-order valence-corrected chi connectivity index (χ0v) is 11.1. The first-order valence-corrected chi connectivity index (χ1v) is 6.28. The monoisotopic (exact) mass is 283 g/mol. The molecule has 2 aromatic rings. The van der Waals surface area contributed by atoms with Gasteiger partial charge in [0.05, 0.1) is 4.92 Å². The molecule has 0 aromatic heterocycles. The number of nitrogens with zero attached hydrogens (tertiary/aromatic N) is 1. The summed E-state index contributed by atoms with van der Waals surface area (Å²) in [6.45, 7) is -0.000354. The first-order valence-electron chi connectivity index (χ1n) is 6.28. The number of ether oxygens (including phenoxy) is 1. The smallest absolute Gasteiger partial charge is 0.331 e. The highest BCUT2D eigenvalue weighted by atomic mass is 16.6. The van der Waals surface area contributed by atoms with Gasteiger partial charge in [0.25, 0.3) is 5.69 Å². The quantitative estimate of drug-likeness (QED) is 0.365. The molecular weight excluding hydrogens is 270 g/mol. The third-order valence-electron chi connectivity index (χ3n) is 2.71. The lowest BCUT2D eigenvalue weighted by molar-refractivity contribution is -0.384. The minimum atomic E-state index is -0.495. The lowest BCUT2D eigenvalue weighted by atomic mass is 10.2. The maximum Gasteiger partial charge on any atom is 0.331 e. The summed E-state index contributed by atoms with van der Waals surface area (Å²) in [5.41, 5.74) is 1.44. The summed E-state index contributed by atoms with van der Waals surface area (Å²) < 4.78 is 5.04. The molecule has 0 heterocycles. The second-order valence-electron chi connectivity index (χ2n) is 4.28. The van der Waals surface area contributed by atoms with Crippen LogP contribution in [-0.4, -0.2) is 10.9 Å². The van der Waals surface area contributed by atoms with E-state index < -0.39 is 10.9 Å². The molecule has 0 aliphatic carbocycles. The minimum absolute atomic E-state index is 0.000354. The Morgan fingerprint density at radius 2 is 1.90 bits per heavy atom. The molecule has 0 saturated carbocycles. The molecule has 0 amide bonds. The van der Waals surface area contributed by atoms with E-state index in [0.717, 1.165) is 5.56 Å². The molecule has 0 unspecified atom stereocenters. The summed E-state index contributed by atoms with van der Waals surface area (Å²) in [6, 6.07) is 15.4. The largest absolute Gasteiger partial charge is 0.458 e. The number of hydrogen-bond donors (Lipinski definition) is 0. The van der Waals surface area contributed by atoms with E-state index in [1.807, 2.05) is 30.3 Å². The number of carbonyl (C=O) groups is 1. The topological polar surface area (TPSA) is 69.4 Å². The molecule has 0 N–H and O–H groups in total. The summed E-state index contributed by atoms with van der Waals surface area (Å²) in [5.74, 6) is -0.495. The van der Waals surface area contributed by atoms with Gasteiger partial charge in [-0.05, 0) is 17.2 Å². The van der Waals surface area contributed by atoms with Gasteiger partial charge in [0.15, 0.2) is 0 Å². The third kappa shape index (κ3) is 4.58. The molecule has 0 atom stereocenters. The van der Waals surface area contributed by atoms with E-state index in [1.54, 1.807) is 18.2 Å². The molecule has 0 aliphatic rings. The van der Waals surface area contributed by atoms with E-state index in [-0.39, 0.29) is 12.3 Å². The van der Waals surface area contributed by atoms with Crippen molar-refractivity contribution in [2.45, 2.75) is 6.61 Å². The van der Waals surface area contributed by atoms with Crippen LogP contribution < -0.4 is 0 Å². The minimum Gasteiger partial charge on any atom is -0.458 e. The number of esters is 1. The first kappa shape index (κ1) is 14.5. The third-order valence-corrected chi connectivity index (χ3v) is 2.71. The van der Waals surface area contributed by atoms with Crippen molar-refractivity contribution >= 4 is 17.7 Å². The van der Waals surface area contributed by atoms with Crippen molar-refractivity contribution in [2.75, 3.05) is 0 Å². The van der Waals surface area contributed by atoms with Crippen molar-refractivity contribution in [3.8, 4) is 0 Å². The molecule has 0 radical (unpaired) electrons. The van der Waals surface area contributed by atoms with Gasteiger partial charge in [0.1, 0.15) is 6.61 Å². The highest BCUT2D eigenvalue weighted by molar-refractivity contribution is 5.87. The average Bonchev–Trinajstić information content (AvgIpc) is 2.52. The molecule has 0 bridgehead atoms. The molecule has 106 valence electrons. The lowest BCUT2D eigenvalue weighted by Crippen LogP contribution is -2.01. The van der Waals surface area contributed by atoms with Gasteiger partial charge in [0.2, 0.25) is 0 Å². The van der Waals surface area contributed by atoms with Crippen LogP contribution >= 0.6 is 0 Å². The van der Waals surface area contributed by atoms with Gasteiger partial charge >= 0.3 is 5.97 Å². The fourth-order valence-corrected chi connectivity index (χ4v) is 1.69. The molecule has 5 nitrogen and oxygen atoms in total. The number of rotatable bonds is 5. The van der Waals surface area contributed by atoms with Crippen LogP contribution in [0.3, 0.4) is 0 Å². The highest BCUT2D eigenvalue weighted by Crippen LogP contribution is 2.13. The van der Waals surface area contributed by atoms with Gasteiger partial charge in [-0.15, -0.1) is 0 Å². The molecule has 0 aliphatic heterocycles. The van der Waals surface area contributed by atoms with Gasteiger partial charge in [-0.1, -0.05) is 42.5 Å². The molecule has 2 rings (SSSR count). The molecular formula is C16H13NO4.